The second-order valence-electron chi connectivity index (χ2n) is 7.14. The van der Waals surface area contributed by atoms with Crippen LogP contribution in [0.1, 0.15) is 41.3 Å². The van der Waals surface area contributed by atoms with E-state index in [9.17, 15) is 14.9 Å². The topological polar surface area (TPSA) is 80.2 Å². The zero-order valence-corrected chi connectivity index (χ0v) is 17.3. The second-order valence-corrected chi connectivity index (χ2v) is 7.14. The van der Waals surface area contributed by atoms with Crippen molar-refractivity contribution in [3.8, 4) is 6.07 Å². The van der Waals surface area contributed by atoms with Gasteiger partial charge in [-0.3, -0.25) is 9.59 Å². The van der Waals surface area contributed by atoms with Crippen LogP contribution < -0.4 is 10.5 Å². The Balaban J connectivity index is 2.09. The number of aromatic nitrogens is 1. The number of anilines is 1. The highest BCUT2D eigenvalue weighted by Gasteiger charge is 2.16. The third-order valence-corrected chi connectivity index (χ3v) is 5.07. The van der Waals surface area contributed by atoms with Crippen molar-refractivity contribution in [2.45, 2.75) is 40.2 Å². The first-order valence-electron chi connectivity index (χ1n) is 9.45. The highest BCUT2D eigenvalue weighted by Crippen LogP contribution is 2.17. The lowest BCUT2D eigenvalue weighted by Gasteiger charge is -2.22. The summed E-state index contributed by atoms with van der Waals surface area (Å²) < 4.78 is 0. The van der Waals surface area contributed by atoms with Gasteiger partial charge in [-0.2, -0.15) is 5.26 Å². The van der Waals surface area contributed by atoms with Gasteiger partial charge in [-0.1, -0.05) is 12.1 Å². The highest BCUT2D eigenvalue weighted by molar-refractivity contribution is 5.76. The molecule has 0 aliphatic carbocycles. The van der Waals surface area contributed by atoms with Crippen LogP contribution >= 0.6 is 0 Å². The van der Waals surface area contributed by atoms with Crippen molar-refractivity contribution < 1.29 is 4.79 Å². The minimum Gasteiger partial charge on any atom is -0.378 e. The number of nitrogens with one attached hydrogen (secondary N) is 1. The van der Waals surface area contributed by atoms with E-state index in [-0.39, 0.29) is 17.0 Å². The highest BCUT2D eigenvalue weighted by atomic mass is 16.2. The monoisotopic (exact) mass is 380 g/mol. The molecule has 0 saturated heterocycles. The fraction of sp³-hybridized carbons (Fsp3) is 0.409. The molecule has 1 aromatic heterocycles. The number of hydrogen-bond acceptors (Lipinski definition) is 4. The lowest BCUT2D eigenvalue weighted by Crippen LogP contribution is -2.30. The maximum Gasteiger partial charge on any atom is 0.266 e. The number of H-pyrrole nitrogens is 1. The maximum absolute atomic E-state index is 12.8. The van der Waals surface area contributed by atoms with Gasteiger partial charge in [-0.05, 0) is 56.0 Å². The average molecular weight is 380 g/mol. The van der Waals surface area contributed by atoms with Crippen LogP contribution in [0, 0.1) is 25.2 Å². The molecule has 0 aliphatic rings. The first-order valence-corrected chi connectivity index (χ1v) is 9.45. The molecule has 1 heterocycles. The molecular formula is C22H28N4O2. The molecule has 0 saturated carbocycles. The van der Waals surface area contributed by atoms with Gasteiger partial charge in [0.25, 0.3) is 5.56 Å². The maximum atomic E-state index is 12.8. The summed E-state index contributed by atoms with van der Waals surface area (Å²) in [5.74, 6) is 0.0580. The number of aryl methyl sites for hydroxylation is 1. The largest absolute Gasteiger partial charge is 0.378 e. The summed E-state index contributed by atoms with van der Waals surface area (Å²) in [5.41, 5.74) is 4.22. The molecule has 148 valence electrons. The minimum atomic E-state index is -0.371. The van der Waals surface area contributed by atoms with E-state index in [0.29, 0.717) is 31.5 Å². The van der Waals surface area contributed by atoms with E-state index >= 15 is 0 Å². The summed E-state index contributed by atoms with van der Waals surface area (Å²) in [4.78, 5) is 31.2. The summed E-state index contributed by atoms with van der Waals surface area (Å²) in [6.07, 6.45) is 0.834. The number of nitrogens with zero attached hydrogens (tertiary/aromatic N) is 3. The molecule has 0 bridgehead atoms. The Morgan fingerprint density at radius 1 is 1.18 bits per heavy atom. The van der Waals surface area contributed by atoms with Gasteiger partial charge in [-0.25, -0.2) is 0 Å². The Morgan fingerprint density at radius 2 is 1.82 bits per heavy atom. The van der Waals surface area contributed by atoms with Gasteiger partial charge < -0.3 is 14.8 Å². The second kappa shape index (κ2) is 9.23. The Kier molecular flexibility index (Phi) is 7.00. The third-order valence-electron chi connectivity index (χ3n) is 5.07. The SMILES string of the molecule is CCN(Cc1ccc(N(C)C)cc1)C(=O)CCc1c(C)[nH]c(=O)c(C#N)c1C. The molecule has 0 fully saturated rings. The molecule has 0 aliphatic heterocycles. The van der Waals surface area contributed by atoms with Crippen LogP contribution in [-0.4, -0.2) is 36.4 Å². The molecule has 28 heavy (non-hydrogen) atoms. The van der Waals surface area contributed by atoms with Crippen LogP contribution in [0.25, 0.3) is 0 Å². The van der Waals surface area contributed by atoms with Gasteiger partial charge in [0.05, 0.1) is 0 Å². The first-order chi connectivity index (χ1) is 13.3. The van der Waals surface area contributed by atoms with E-state index in [0.717, 1.165) is 22.5 Å². The molecule has 1 aromatic carbocycles. The summed E-state index contributed by atoms with van der Waals surface area (Å²) in [5, 5.41) is 9.19. The quantitative estimate of drug-likeness (QED) is 0.801. The molecule has 1 amide bonds. The summed E-state index contributed by atoms with van der Waals surface area (Å²) in [6.45, 7) is 6.73. The standard InChI is InChI=1S/C22H28N4O2/c1-6-26(14-17-7-9-18(10-8-17)25(4)5)21(27)12-11-19-15(2)20(13-23)22(28)24-16(19)3/h7-10H,6,11-12,14H2,1-5H3,(H,24,28). The molecule has 0 unspecified atom stereocenters. The number of pyridine rings is 1. The normalized spacial score (nSPS) is 10.4. The van der Waals surface area contributed by atoms with Crippen LogP contribution in [0.5, 0.6) is 0 Å². The summed E-state index contributed by atoms with van der Waals surface area (Å²) in [6, 6.07) is 10.1. The smallest absolute Gasteiger partial charge is 0.266 e. The number of benzene rings is 1. The number of carbonyl (C=O) groups is 1. The third kappa shape index (κ3) is 4.80. The van der Waals surface area contributed by atoms with Gasteiger partial charge in [0.1, 0.15) is 11.6 Å². The van der Waals surface area contributed by atoms with Crippen LogP contribution in [0.3, 0.4) is 0 Å². The van der Waals surface area contributed by atoms with Crippen molar-refractivity contribution in [2.24, 2.45) is 0 Å². The van der Waals surface area contributed by atoms with Crippen molar-refractivity contribution >= 4 is 11.6 Å². The molecule has 6 heteroatoms. The number of amides is 1. The van der Waals surface area contributed by atoms with Gasteiger partial charge in [-0.15, -0.1) is 0 Å². The fourth-order valence-electron chi connectivity index (χ4n) is 3.31. The molecule has 6 nitrogen and oxygen atoms in total. The Labute approximate surface area is 166 Å². The summed E-state index contributed by atoms with van der Waals surface area (Å²) >= 11 is 0. The number of rotatable bonds is 7. The number of nitriles is 1. The van der Waals surface area contributed by atoms with Crippen LogP contribution in [-0.2, 0) is 17.8 Å². The van der Waals surface area contributed by atoms with E-state index in [1.807, 2.05) is 61.2 Å². The Hall–Kier alpha value is -3.07. The number of aromatic amines is 1. The molecule has 1 N–H and O–H groups in total. The van der Waals surface area contributed by atoms with E-state index in [1.165, 1.54) is 0 Å². The fourth-order valence-corrected chi connectivity index (χ4v) is 3.31. The van der Waals surface area contributed by atoms with Gasteiger partial charge in [0, 0.05) is 45.0 Å². The van der Waals surface area contributed by atoms with Crippen LogP contribution in [0.2, 0.25) is 0 Å². The first kappa shape index (κ1) is 21.2. The van der Waals surface area contributed by atoms with Crippen molar-refractivity contribution in [2.75, 3.05) is 25.5 Å². The van der Waals surface area contributed by atoms with Crippen LogP contribution in [0.15, 0.2) is 29.1 Å². The Bertz CT molecular complexity index is 937. The molecule has 0 atom stereocenters. The zero-order valence-electron chi connectivity index (χ0n) is 17.3. The van der Waals surface area contributed by atoms with E-state index < -0.39 is 0 Å². The Morgan fingerprint density at radius 3 is 2.36 bits per heavy atom. The minimum absolute atomic E-state index is 0.0580. The van der Waals surface area contributed by atoms with E-state index in [2.05, 4.69) is 4.98 Å². The van der Waals surface area contributed by atoms with Crippen molar-refractivity contribution in [3.63, 3.8) is 0 Å². The predicted octanol–water partition coefficient (Wildman–Crippen LogP) is 2.91. The predicted molar refractivity (Wildman–Crippen MR) is 111 cm³/mol. The van der Waals surface area contributed by atoms with Crippen LogP contribution in [0.4, 0.5) is 5.69 Å². The van der Waals surface area contributed by atoms with E-state index in [4.69, 9.17) is 0 Å². The lowest BCUT2D eigenvalue weighted by atomic mass is 9.99. The van der Waals surface area contributed by atoms with Gasteiger partial charge in [0.15, 0.2) is 0 Å². The molecule has 0 spiro atoms. The van der Waals surface area contributed by atoms with Gasteiger partial charge in [0.2, 0.25) is 5.91 Å². The zero-order chi connectivity index (χ0) is 20.8. The summed E-state index contributed by atoms with van der Waals surface area (Å²) in [7, 11) is 3.99. The molecule has 0 radical (unpaired) electrons. The molecular weight excluding hydrogens is 352 g/mol. The molecule has 2 rings (SSSR count). The number of hydrogen-bond donors (Lipinski definition) is 1. The number of carbonyl (C=O) groups excluding carboxylic acids is 1. The van der Waals surface area contributed by atoms with Crippen molar-refractivity contribution in [3.05, 3.63) is 62.6 Å². The van der Waals surface area contributed by atoms with E-state index in [1.54, 1.807) is 13.8 Å². The van der Waals surface area contributed by atoms with Gasteiger partial charge >= 0.3 is 0 Å². The average Bonchev–Trinajstić information content (AvgIpc) is 2.66. The lowest BCUT2D eigenvalue weighted by molar-refractivity contribution is -0.131. The molecule has 2 aromatic rings. The van der Waals surface area contributed by atoms with Crippen molar-refractivity contribution in [1.29, 1.82) is 5.26 Å². The van der Waals surface area contributed by atoms with Crippen molar-refractivity contribution in [1.82, 2.24) is 9.88 Å².